The van der Waals surface area contributed by atoms with Crippen LogP contribution in [0.15, 0.2) is 66.1 Å². The van der Waals surface area contributed by atoms with Crippen LogP contribution in [-0.4, -0.2) is 15.7 Å². The maximum absolute atomic E-state index is 13.7. The zero-order valence-electron chi connectivity index (χ0n) is 15.2. The molecule has 28 heavy (non-hydrogen) atoms. The molecule has 0 amide bonds. The van der Waals surface area contributed by atoms with E-state index in [4.69, 9.17) is 10.6 Å². The molecule has 1 atom stereocenters. The molecule has 0 spiro atoms. The van der Waals surface area contributed by atoms with Crippen molar-refractivity contribution in [3.05, 3.63) is 83.4 Å². The van der Waals surface area contributed by atoms with Crippen molar-refractivity contribution in [1.29, 1.82) is 0 Å². The topological polar surface area (TPSA) is 85.4 Å². The molecule has 0 bridgehead atoms. The fraction of sp³-hybridized carbons (Fsp3) is 0.190. The van der Waals surface area contributed by atoms with E-state index < -0.39 is 0 Å². The van der Waals surface area contributed by atoms with Gasteiger partial charge in [-0.3, -0.25) is 0 Å². The van der Waals surface area contributed by atoms with Crippen LogP contribution in [0.4, 0.5) is 16.0 Å². The highest BCUT2D eigenvalue weighted by Crippen LogP contribution is 2.30. The Balaban J connectivity index is 1.33. The molecule has 1 unspecified atom stereocenters. The van der Waals surface area contributed by atoms with Crippen LogP contribution in [0.2, 0.25) is 0 Å². The van der Waals surface area contributed by atoms with Gasteiger partial charge >= 0.3 is 0 Å². The molecule has 3 N–H and O–H groups in total. The summed E-state index contributed by atoms with van der Waals surface area (Å²) in [6.45, 7) is 0.383. The maximum Gasteiger partial charge on any atom is 0.161 e. The van der Waals surface area contributed by atoms with Gasteiger partial charge in [-0.15, -0.1) is 0 Å². The number of nitrogen functional groups attached to an aromatic ring is 1. The lowest BCUT2D eigenvalue weighted by atomic mass is 10.0. The van der Waals surface area contributed by atoms with Crippen LogP contribution < -0.4 is 11.1 Å². The molecule has 0 saturated carbocycles. The van der Waals surface area contributed by atoms with Gasteiger partial charge in [-0.1, -0.05) is 29.4 Å². The summed E-state index contributed by atoms with van der Waals surface area (Å²) < 4.78 is 13.7. The van der Waals surface area contributed by atoms with E-state index in [0.717, 1.165) is 16.8 Å². The van der Waals surface area contributed by atoms with Crippen LogP contribution in [-0.2, 0) is 17.8 Å². The van der Waals surface area contributed by atoms with E-state index in [1.54, 1.807) is 24.5 Å². The highest BCUT2D eigenvalue weighted by molar-refractivity contribution is 5.87. The number of anilines is 2. The van der Waals surface area contributed by atoms with E-state index in [0.29, 0.717) is 36.6 Å². The number of pyridine rings is 2. The van der Waals surface area contributed by atoms with Gasteiger partial charge in [0, 0.05) is 42.9 Å². The number of hydrogen-bond donors (Lipinski definition) is 2. The molecule has 3 aromatic rings. The van der Waals surface area contributed by atoms with Crippen molar-refractivity contribution >= 4 is 17.3 Å². The number of oxime groups is 1. The molecule has 2 aromatic heterocycles. The molecular formula is C21H20FN5O. The van der Waals surface area contributed by atoms with Crippen molar-refractivity contribution in [2.24, 2.45) is 5.16 Å². The lowest BCUT2D eigenvalue weighted by Crippen LogP contribution is -2.07. The number of aromatic nitrogens is 2. The quantitative estimate of drug-likeness (QED) is 0.681. The fourth-order valence-corrected chi connectivity index (χ4v) is 3.10. The monoisotopic (exact) mass is 377 g/mol. The van der Waals surface area contributed by atoms with Gasteiger partial charge in [0.2, 0.25) is 0 Å². The molecule has 6 nitrogen and oxygen atoms in total. The van der Waals surface area contributed by atoms with Crippen LogP contribution in [0.5, 0.6) is 0 Å². The van der Waals surface area contributed by atoms with E-state index in [1.807, 2.05) is 30.3 Å². The summed E-state index contributed by atoms with van der Waals surface area (Å²) >= 11 is 0. The van der Waals surface area contributed by atoms with Gasteiger partial charge in [0.05, 0.1) is 5.71 Å². The van der Waals surface area contributed by atoms with E-state index in [1.165, 1.54) is 6.07 Å². The number of benzene rings is 1. The zero-order valence-corrected chi connectivity index (χ0v) is 15.2. The second kappa shape index (κ2) is 8.04. The van der Waals surface area contributed by atoms with Crippen molar-refractivity contribution in [1.82, 2.24) is 9.97 Å². The molecule has 1 aromatic carbocycles. The van der Waals surface area contributed by atoms with Gasteiger partial charge in [-0.2, -0.15) is 0 Å². The van der Waals surface area contributed by atoms with Crippen LogP contribution in [0, 0.1) is 5.82 Å². The molecule has 0 fully saturated rings. The minimum Gasteiger partial charge on any atom is -0.387 e. The zero-order chi connectivity index (χ0) is 19.3. The number of nitrogens with two attached hydrogens (primary N) is 1. The first-order valence-corrected chi connectivity index (χ1v) is 9.03. The number of nitrogens with one attached hydrogen (secondary N) is 1. The molecule has 1 aliphatic heterocycles. The first-order valence-electron chi connectivity index (χ1n) is 9.03. The predicted molar refractivity (Wildman–Crippen MR) is 106 cm³/mol. The summed E-state index contributed by atoms with van der Waals surface area (Å²) in [6, 6.07) is 14.3. The Hall–Kier alpha value is -3.48. The third-order valence-corrected chi connectivity index (χ3v) is 4.60. The molecule has 1 aliphatic rings. The van der Waals surface area contributed by atoms with Gasteiger partial charge in [-0.25, -0.2) is 14.4 Å². The highest BCUT2D eigenvalue weighted by atomic mass is 19.1. The van der Waals surface area contributed by atoms with Gasteiger partial charge < -0.3 is 15.9 Å². The normalized spacial score (nSPS) is 15.8. The van der Waals surface area contributed by atoms with E-state index in [2.05, 4.69) is 20.4 Å². The van der Waals surface area contributed by atoms with Crippen LogP contribution in [0.3, 0.4) is 0 Å². The Bertz CT molecular complexity index is 990. The Kier molecular flexibility index (Phi) is 5.14. The van der Waals surface area contributed by atoms with E-state index in [9.17, 15) is 4.39 Å². The average molecular weight is 377 g/mol. The third kappa shape index (κ3) is 4.09. The predicted octanol–water partition coefficient (Wildman–Crippen LogP) is 3.87. The molecule has 142 valence electrons. The molecule has 0 radical (unpaired) electrons. The van der Waals surface area contributed by atoms with Crippen LogP contribution in [0.25, 0.3) is 0 Å². The van der Waals surface area contributed by atoms with Gasteiger partial charge in [0.15, 0.2) is 6.10 Å². The Morgan fingerprint density at radius 3 is 2.79 bits per heavy atom. The Morgan fingerprint density at radius 2 is 2.00 bits per heavy atom. The maximum atomic E-state index is 13.7. The van der Waals surface area contributed by atoms with Gasteiger partial charge in [0.25, 0.3) is 0 Å². The lowest BCUT2D eigenvalue weighted by molar-refractivity contribution is 0.0860. The van der Waals surface area contributed by atoms with Crippen molar-refractivity contribution in [3.8, 4) is 0 Å². The summed E-state index contributed by atoms with van der Waals surface area (Å²) in [5, 5.41) is 7.32. The highest BCUT2D eigenvalue weighted by Gasteiger charge is 2.25. The summed E-state index contributed by atoms with van der Waals surface area (Å²) in [4.78, 5) is 14.0. The minimum atomic E-state index is -0.227. The summed E-state index contributed by atoms with van der Waals surface area (Å²) in [5.41, 5.74) is 9.33. The summed E-state index contributed by atoms with van der Waals surface area (Å²) in [5.74, 6) is 0.934. The smallest absolute Gasteiger partial charge is 0.161 e. The molecule has 0 aliphatic carbocycles. The number of hydrogen-bond acceptors (Lipinski definition) is 6. The second-order valence-corrected chi connectivity index (χ2v) is 6.61. The molecule has 0 saturated heterocycles. The first kappa shape index (κ1) is 17.9. The minimum absolute atomic E-state index is 0.196. The first-order chi connectivity index (χ1) is 13.7. The average Bonchev–Trinajstić information content (AvgIpc) is 3.17. The summed E-state index contributed by atoms with van der Waals surface area (Å²) in [6.07, 6.45) is 4.57. The standard InChI is InChI=1S/C21H20FN5O/c22-18-6-2-1-4-15(18)13-26-20-8-7-14(12-25-20)10-16-11-19(28-27-16)17-5-3-9-24-21(17)23/h1-9,12,19H,10-11,13H2,(H2,23,24)(H,25,26). The molecule has 7 heteroatoms. The molecular weight excluding hydrogens is 357 g/mol. The van der Waals surface area contributed by atoms with E-state index in [-0.39, 0.29) is 11.9 Å². The number of rotatable bonds is 6. The second-order valence-electron chi connectivity index (χ2n) is 6.61. The van der Waals surface area contributed by atoms with Crippen molar-refractivity contribution in [2.75, 3.05) is 11.1 Å². The number of nitrogens with zero attached hydrogens (tertiary/aromatic N) is 3. The Labute approximate surface area is 162 Å². The van der Waals surface area contributed by atoms with Gasteiger partial charge in [-0.05, 0) is 29.8 Å². The van der Waals surface area contributed by atoms with Crippen molar-refractivity contribution in [2.45, 2.75) is 25.5 Å². The lowest BCUT2D eigenvalue weighted by Gasteiger charge is -2.10. The van der Waals surface area contributed by atoms with Crippen LogP contribution >= 0.6 is 0 Å². The van der Waals surface area contributed by atoms with Crippen molar-refractivity contribution in [3.63, 3.8) is 0 Å². The van der Waals surface area contributed by atoms with Gasteiger partial charge in [0.1, 0.15) is 17.5 Å². The molecule has 3 heterocycles. The Morgan fingerprint density at radius 1 is 1.11 bits per heavy atom. The van der Waals surface area contributed by atoms with Crippen molar-refractivity contribution < 1.29 is 9.23 Å². The third-order valence-electron chi connectivity index (χ3n) is 4.60. The number of halogens is 1. The SMILES string of the molecule is Nc1ncccc1C1CC(Cc2ccc(NCc3ccccc3F)nc2)=NO1. The molecule has 4 rings (SSSR count). The largest absolute Gasteiger partial charge is 0.387 e. The fourth-order valence-electron chi connectivity index (χ4n) is 3.10. The van der Waals surface area contributed by atoms with E-state index >= 15 is 0 Å². The van der Waals surface area contributed by atoms with Crippen LogP contribution in [0.1, 0.15) is 29.2 Å². The summed E-state index contributed by atoms with van der Waals surface area (Å²) in [7, 11) is 0.